The number of nitrogens with zero attached hydrogens (tertiary/aromatic N) is 8. The standard InChI is InChI=1S/C58H66N9O9.C39H45ClO8S2.2F6P/c1-63-47(40-76-49-32-44(57(70)72-2)31-45(33-49)58(71)73-3)38-66(62-63)26-11-9-7-5-4-6-8-10-25-65-37-46(60-61-65)39-75-48-21-19-42(20-22-48)35-59-34-41-15-17-43(18-16-41)36-67-55(68)51-14-12-13-50-53(64-27-29-74-30-28-64)24-23-52(54(50)51)56(67)69;1-27-32(30-6-5-7-31(30)33-26-39(40)50-28(33)2)25-38(49-27)29-10-11-36-37(24-29)48-23-19-44-15-14-42-17-21-46-35-9-4-3-8-34(35)45-20-16-41-12-13-43-18-22-47-36;2*1-7(2,3,4,5)6/h12-24,31-33,37-38,59H,4-11,25-30,34-36,39-40H2,1-3H3;3-4,8-11,24-26H,5-7,12-23H2,1-2H3;;/q+1;;2*-1/p+1. The Morgan fingerprint density at radius 1 is 0.507 bits per heavy atom. The molecule has 15 rings (SSSR count). The Hall–Kier alpha value is -11.0. The van der Waals surface area contributed by atoms with Gasteiger partial charge in [-0.1, -0.05) is 97.4 Å². The first kappa shape index (κ1) is 108. The number of methoxy groups -OCH3 is 2. The fourth-order valence-corrected chi connectivity index (χ4v) is 18.1. The van der Waals surface area contributed by atoms with Gasteiger partial charge in [-0.2, -0.15) is 0 Å². The molecule has 2 amide bonds. The number of para-hydroxylation sites is 2. The molecule has 7 aromatic carbocycles. The molecule has 1 fully saturated rings. The predicted molar refractivity (Wildman–Crippen MR) is 510 cm³/mol. The molecule has 3 aliphatic heterocycles. The Kier molecular flexibility index (Phi) is 37.1. The number of benzene rings is 7. The number of nitrogens with two attached hydrogens (primary N) is 1. The van der Waals surface area contributed by atoms with E-state index in [0.29, 0.717) is 139 Å². The van der Waals surface area contributed by atoms with Crippen LogP contribution < -0.4 is 43.3 Å². The van der Waals surface area contributed by atoms with Crippen LogP contribution in [0.5, 0.6) is 34.5 Å². The number of aryl methyl sites for hydroxylation is 5. The summed E-state index contributed by atoms with van der Waals surface area (Å²) in [6, 6.07) is 48.6. The number of halogens is 13. The molecule has 0 spiro atoms. The van der Waals surface area contributed by atoms with Gasteiger partial charge < -0.3 is 71.8 Å². The number of fused-ring (bicyclic) bond motifs is 2. The maximum absolute atomic E-state index is 13.8. The van der Waals surface area contributed by atoms with Crippen LogP contribution in [-0.2, 0) is 86.1 Å². The summed E-state index contributed by atoms with van der Waals surface area (Å²) < 4.78 is 199. The van der Waals surface area contributed by atoms with Crippen molar-refractivity contribution in [2.24, 2.45) is 7.05 Å². The van der Waals surface area contributed by atoms with Crippen LogP contribution >= 0.6 is 49.9 Å². The van der Waals surface area contributed by atoms with E-state index in [1.807, 2.05) is 125 Å². The summed E-state index contributed by atoms with van der Waals surface area (Å²) in [4.78, 5) is 59.2. The van der Waals surface area contributed by atoms with Crippen LogP contribution in [0, 0.1) is 13.8 Å². The Morgan fingerprint density at radius 2 is 1.00 bits per heavy atom. The van der Waals surface area contributed by atoms with Gasteiger partial charge in [0.05, 0.1) is 114 Å². The number of anilines is 1. The van der Waals surface area contributed by atoms with Crippen molar-refractivity contribution in [1.82, 2.24) is 29.8 Å². The number of aromatic nitrogens is 6. The van der Waals surface area contributed by atoms with Crippen molar-refractivity contribution in [3.63, 3.8) is 0 Å². The molecule has 0 unspecified atom stereocenters. The van der Waals surface area contributed by atoms with E-state index in [2.05, 4.69) is 88.1 Å². The van der Waals surface area contributed by atoms with Gasteiger partial charge in [0.2, 0.25) is 5.69 Å². The molecule has 2 N–H and O–H groups in total. The number of amides is 2. The number of hydrogen-bond donors (Lipinski definition) is 1. The van der Waals surface area contributed by atoms with E-state index in [4.69, 9.17) is 73.2 Å². The number of allylic oxidation sites excluding steroid dienone is 2. The quantitative estimate of drug-likeness (QED) is 0.0114. The molecule has 760 valence electrons. The molecule has 26 nitrogen and oxygen atoms in total. The number of esters is 2. The van der Waals surface area contributed by atoms with E-state index in [1.54, 1.807) is 16.0 Å². The fourth-order valence-electron chi connectivity index (χ4n) is 15.9. The molecule has 43 heteroatoms. The molecule has 0 radical (unpaired) electrons. The molecular formula is C97H112ClF12N9O17P2S2. The van der Waals surface area contributed by atoms with Crippen molar-refractivity contribution >= 4 is 101 Å². The van der Waals surface area contributed by atoms with E-state index in [0.717, 1.165) is 139 Å². The number of quaternary nitrogens is 1. The summed E-state index contributed by atoms with van der Waals surface area (Å²) in [7, 11) is -16.9. The summed E-state index contributed by atoms with van der Waals surface area (Å²) in [5.41, 5.74) is 14.1. The normalized spacial score (nSPS) is 15.9. The number of ether oxygens (including phenoxy) is 13. The van der Waals surface area contributed by atoms with E-state index < -0.39 is 27.6 Å². The third-order valence-corrected chi connectivity index (χ3v) is 24.7. The molecule has 1 aliphatic carbocycles. The number of carbonyl (C=O) groups is 4. The molecule has 1 saturated heterocycles. The average Bonchev–Trinajstić information content (AvgIpc) is 0.886. The number of carbonyl (C=O) groups excluding carboxylic acids is 4. The summed E-state index contributed by atoms with van der Waals surface area (Å²) in [5.74, 6) is 2.17. The van der Waals surface area contributed by atoms with Gasteiger partial charge in [-0.15, -0.1) is 37.1 Å². The number of rotatable bonds is 29. The molecule has 7 heterocycles. The van der Waals surface area contributed by atoms with Crippen molar-refractivity contribution < 1.29 is 141 Å². The Labute approximate surface area is 814 Å². The average molecular weight is 2070 g/mol. The van der Waals surface area contributed by atoms with Crippen molar-refractivity contribution in [2.75, 3.05) is 125 Å². The van der Waals surface area contributed by atoms with Crippen LogP contribution in [0.25, 0.3) is 32.4 Å². The minimum atomic E-state index is -10.7. The van der Waals surface area contributed by atoms with Crippen LogP contribution in [0.15, 0.2) is 164 Å². The summed E-state index contributed by atoms with van der Waals surface area (Å²) in [5, 5.41) is 17.1. The van der Waals surface area contributed by atoms with Crippen LogP contribution in [0.3, 0.4) is 0 Å². The fraction of sp³-hybridized carbons (Fsp3) is 0.402. The Bertz CT molecular complexity index is 5950. The Balaban J connectivity index is 0.000000234. The van der Waals surface area contributed by atoms with E-state index in [9.17, 15) is 69.5 Å². The third-order valence-electron chi connectivity index (χ3n) is 22.4. The SMILES string of the molecule is COC(=O)c1cc(OCc2c[n+](CCCCCCCCCCn3cc(COc4ccc(C[NH2+]Cc5ccc(CN6C(=O)c7cccc8c(N9CCOCC9)ccc(c78)C6=O)cc5)cc4)nn3)nn2C)cc(C(=O)OC)c1.Cc1sc(Cl)cc1C1=C(c2cc(-c3ccc4c(c3)OCCOCCOCCOc3ccccc3OCCOCCOCCO4)sc2C)CCC1.F[P-](F)(F)(F)(F)F.F[P-](F)(F)(F)(F)F. The topological polar surface area (TPSA) is 264 Å². The van der Waals surface area contributed by atoms with Crippen molar-refractivity contribution in [3.05, 3.63) is 240 Å². The number of thiophene rings is 2. The maximum atomic E-state index is 13.8. The predicted octanol–water partition coefficient (Wildman–Crippen LogP) is 22.8. The molecule has 0 bridgehead atoms. The van der Waals surface area contributed by atoms with Gasteiger partial charge in [-0.05, 0) is 189 Å². The van der Waals surface area contributed by atoms with E-state index in [1.165, 1.54) is 105 Å². The molecule has 0 atom stereocenters. The zero-order valence-electron chi connectivity index (χ0n) is 77.8. The third kappa shape index (κ3) is 35.6. The number of morpholine rings is 1. The zero-order chi connectivity index (χ0) is 100. The van der Waals surface area contributed by atoms with Crippen LogP contribution in [-0.4, -0.2) is 173 Å². The van der Waals surface area contributed by atoms with Crippen LogP contribution in [0.1, 0.15) is 161 Å². The van der Waals surface area contributed by atoms with Crippen molar-refractivity contribution in [2.45, 2.75) is 130 Å². The monoisotopic (exact) mass is 2060 g/mol. The van der Waals surface area contributed by atoms with E-state index in [-0.39, 0.29) is 36.1 Å². The van der Waals surface area contributed by atoms with Gasteiger partial charge in [0.1, 0.15) is 76.9 Å². The van der Waals surface area contributed by atoms with Gasteiger partial charge in [0.15, 0.2) is 35.8 Å². The minimum absolute atomic E-state index is 0.200. The van der Waals surface area contributed by atoms with Gasteiger partial charge in [-0.25, -0.2) is 9.59 Å². The summed E-state index contributed by atoms with van der Waals surface area (Å²) in [6.45, 7) is 16.4. The van der Waals surface area contributed by atoms with Gasteiger partial charge in [-0.3, -0.25) is 19.2 Å². The number of hydrogen-bond acceptors (Lipinski definition) is 23. The second kappa shape index (κ2) is 48.2. The molecule has 140 heavy (non-hydrogen) atoms. The summed E-state index contributed by atoms with van der Waals surface area (Å²) >= 11 is 9.87. The first-order chi connectivity index (χ1) is 66.6. The first-order valence-electron chi connectivity index (χ1n) is 45.5. The van der Waals surface area contributed by atoms with Crippen LogP contribution in [0.4, 0.5) is 56.1 Å². The molecule has 4 aliphatic rings. The zero-order valence-corrected chi connectivity index (χ0v) is 82.0. The van der Waals surface area contributed by atoms with Gasteiger partial charge >= 0.3 is 77.9 Å². The second-order valence-corrected chi connectivity index (χ2v) is 40.1. The number of unbranched alkanes of at least 4 members (excludes halogenated alkanes) is 7. The molecular weight excluding hydrogens is 1950 g/mol. The van der Waals surface area contributed by atoms with Gasteiger partial charge in [0.25, 0.3) is 11.8 Å². The van der Waals surface area contributed by atoms with Crippen molar-refractivity contribution in [3.8, 4) is 44.9 Å². The van der Waals surface area contributed by atoms with Gasteiger partial charge in [0, 0.05) is 73.0 Å². The Morgan fingerprint density at radius 3 is 1.56 bits per heavy atom. The van der Waals surface area contributed by atoms with Crippen LogP contribution in [0.2, 0.25) is 4.34 Å². The first-order valence-corrected chi connectivity index (χ1v) is 51.6. The molecule has 0 saturated carbocycles. The number of imide groups is 1. The second-order valence-electron chi connectivity index (χ2n) is 33.1. The molecule has 11 aromatic rings. The molecule has 4 aromatic heterocycles. The summed E-state index contributed by atoms with van der Waals surface area (Å²) in [6.07, 6.45) is 16.4. The van der Waals surface area contributed by atoms with Crippen molar-refractivity contribution in [1.29, 1.82) is 0 Å². The van der Waals surface area contributed by atoms with E-state index >= 15 is 0 Å².